The normalized spacial score (nSPS) is 12.1. The van der Waals surface area contributed by atoms with Gasteiger partial charge in [-0.05, 0) is 12.1 Å². The van der Waals surface area contributed by atoms with Crippen molar-refractivity contribution in [3.8, 4) is 11.5 Å². The largest absolute Gasteiger partial charge is 0.454 e. The molecule has 0 aliphatic carbocycles. The smallest absolute Gasteiger partial charge is 0.338 e. The third-order valence-electron chi connectivity index (χ3n) is 2.63. The van der Waals surface area contributed by atoms with E-state index in [1.165, 1.54) is 19.2 Å². The fourth-order valence-electron chi connectivity index (χ4n) is 1.64. The first-order valence-corrected chi connectivity index (χ1v) is 6.51. The van der Waals surface area contributed by atoms with Crippen LogP contribution in [0, 0.1) is 0 Å². The van der Waals surface area contributed by atoms with Gasteiger partial charge in [0.1, 0.15) is 0 Å². The third kappa shape index (κ3) is 3.99. The number of esters is 1. The summed E-state index contributed by atoms with van der Waals surface area (Å²) in [6.45, 7) is 0.407. The number of hydrogen-bond acceptors (Lipinski definition) is 6. The Kier molecular flexibility index (Phi) is 5.24. The number of rotatable bonds is 6. The van der Waals surface area contributed by atoms with Gasteiger partial charge in [-0.2, -0.15) is 0 Å². The number of halogens is 1. The van der Waals surface area contributed by atoms with Crippen LogP contribution in [0.2, 0.25) is 5.02 Å². The van der Waals surface area contributed by atoms with E-state index >= 15 is 0 Å². The van der Waals surface area contributed by atoms with Gasteiger partial charge in [0.15, 0.2) is 18.1 Å². The Balaban J connectivity index is 1.89. The summed E-state index contributed by atoms with van der Waals surface area (Å²) in [5.41, 5.74) is 0.189. The molecule has 0 bridgehead atoms. The topological polar surface area (TPSA) is 83.1 Å². The van der Waals surface area contributed by atoms with Crippen LogP contribution >= 0.6 is 11.6 Å². The highest BCUT2D eigenvalue weighted by atomic mass is 35.5. The molecule has 0 fully saturated rings. The van der Waals surface area contributed by atoms with E-state index in [4.69, 9.17) is 30.5 Å². The van der Waals surface area contributed by atoms with Gasteiger partial charge in [-0.1, -0.05) is 11.6 Å². The molecule has 1 aromatic carbocycles. The summed E-state index contributed by atoms with van der Waals surface area (Å²) in [5.74, 6) is -0.311. The SMILES string of the molecule is COCCNC(=O)COC(=O)c1cc(Cl)c2c(c1)OCO2. The lowest BCUT2D eigenvalue weighted by molar-refractivity contribution is -0.124. The van der Waals surface area contributed by atoms with E-state index in [-0.39, 0.29) is 24.0 Å². The molecule has 1 aromatic rings. The highest BCUT2D eigenvalue weighted by Crippen LogP contribution is 2.39. The molecule has 0 saturated carbocycles. The number of amides is 1. The second-order valence-electron chi connectivity index (χ2n) is 4.11. The lowest BCUT2D eigenvalue weighted by atomic mass is 10.2. The molecule has 1 aliphatic heterocycles. The molecule has 0 unspecified atom stereocenters. The molecule has 0 radical (unpaired) electrons. The number of nitrogens with one attached hydrogen (secondary N) is 1. The Morgan fingerprint density at radius 3 is 2.95 bits per heavy atom. The van der Waals surface area contributed by atoms with Crippen molar-refractivity contribution < 1.29 is 28.5 Å². The Morgan fingerprint density at radius 2 is 2.19 bits per heavy atom. The van der Waals surface area contributed by atoms with Gasteiger partial charge in [0.05, 0.1) is 17.2 Å². The third-order valence-corrected chi connectivity index (χ3v) is 2.91. The Morgan fingerprint density at radius 1 is 1.38 bits per heavy atom. The van der Waals surface area contributed by atoms with Crippen molar-refractivity contribution in [1.82, 2.24) is 5.32 Å². The van der Waals surface area contributed by atoms with E-state index in [9.17, 15) is 9.59 Å². The quantitative estimate of drug-likeness (QED) is 0.622. The zero-order chi connectivity index (χ0) is 15.2. The highest BCUT2D eigenvalue weighted by molar-refractivity contribution is 6.32. The Labute approximate surface area is 126 Å². The molecule has 1 heterocycles. The summed E-state index contributed by atoms with van der Waals surface area (Å²) < 4.78 is 20.0. The molecule has 0 saturated heterocycles. The molecule has 114 valence electrons. The average molecular weight is 316 g/mol. The molecule has 0 atom stereocenters. The molecule has 0 spiro atoms. The molecular formula is C13H14ClNO6. The van der Waals surface area contributed by atoms with Crippen LogP contribution in [0.4, 0.5) is 0 Å². The predicted molar refractivity (Wildman–Crippen MR) is 72.7 cm³/mol. The number of carbonyl (C=O) groups is 2. The molecule has 7 nitrogen and oxygen atoms in total. The Bertz CT molecular complexity index is 548. The fraction of sp³-hybridized carbons (Fsp3) is 0.385. The highest BCUT2D eigenvalue weighted by Gasteiger charge is 2.21. The van der Waals surface area contributed by atoms with Crippen LogP contribution in [0.15, 0.2) is 12.1 Å². The fourth-order valence-corrected chi connectivity index (χ4v) is 1.91. The maximum Gasteiger partial charge on any atom is 0.338 e. The molecular weight excluding hydrogens is 302 g/mol. The minimum atomic E-state index is -0.669. The van der Waals surface area contributed by atoms with Gasteiger partial charge in [0, 0.05) is 13.7 Å². The van der Waals surface area contributed by atoms with Gasteiger partial charge in [0.2, 0.25) is 6.79 Å². The van der Waals surface area contributed by atoms with Gasteiger partial charge in [0.25, 0.3) is 5.91 Å². The van der Waals surface area contributed by atoms with Crippen LogP contribution in [-0.4, -0.2) is 45.5 Å². The van der Waals surface area contributed by atoms with Crippen LogP contribution in [0.5, 0.6) is 11.5 Å². The van der Waals surface area contributed by atoms with Crippen molar-refractivity contribution in [3.63, 3.8) is 0 Å². The van der Waals surface area contributed by atoms with E-state index < -0.39 is 11.9 Å². The van der Waals surface area contributed by atoms with Crippen molar-refractivity contribution in [2.45, 2.75) is 0 Å². The second-order valence-corrected chi connectivity index (χ2v) is 4.52. The maximum absolute atomic E-state index is 11.8. The molecule has 2 rings (SSSR count). The van der Waals surface area contributed by atoms with Crippen LogP contribution in [0.25, 0.3) is 0 Å². The van der Waals surface area contributed by atoms with Crippen LogP contribution in [0.3, 0.4) is 0 Å². The number of methoxy groups -OCH3 is 1. The summed E-state index contributed by atoms with van der Waals surface area (Å²) in [6.07, 6.45) is 0. The van der Waals surface area contributed by atoms with Gasteiger partial charge >= 0.3 is 5.97 Å². The maximum atomic E-state index is 11.8. The molecule has 1 N–H and O–H groups in total. The molecule has 8 heteroatoms. The summed E-state index contributed by atoms with van der Waals surface area (Å²) in [4.78, 5) is 23.2. The number of benzene rings is 1. The van der Waals surface area contributed by atoms with Crippen molar-refractivity contribution >= 4 is 23.5 Å². The number of fused-ring (bicyclic) bond motifs is 1. The van der Waals surface area contributed by atoms with E-state index in [0.29, 0.717) is 24.7 Å². The minimum Gasteiger partial charge on any atom is -0.454 e. The van der Waals surface area contributed by atoms with E-state index in [1.54, 1.807) is 0 Å². The van der Waals surface area contributed by atoms with Gasteiger partial charge < -0.3 is 24.3 Å². The summed E-state index contributed by atoms with van der Waals surface area (Å²) >= 11 is 5.96. The van der Waals surface area contributed by atoms with Gasteiger partial charge in [-0.25, -0.2) is 4.79 Å². The van der Waals surface area contributed by atoms with Crippen LogP contribution < -0.4 is 14.8 Å². The molecule has 0 aromatic heterocycles. The molecule has 1 aliphatic rings. The zero-order valence-electron chi connectivity index (χ0n) is 11.3. The van der Waals surface area contributed by atoms with Crippen molar-refractivity contribution in [3.05, 3.63) is 22.7 Å². The summed E-state index contributed by atoms with van der Waals surface area (Å²) in [5, 5.41) is 2.78. The van der Waals surface area contributed by atoms with Gasteiger partial charge in [-0.3, -0.25) is 4.79 Å². The van der Waals surface area contributed by atoms with Crippen molar-refractivity contribution in [2.24, 2.45) is 0 Å². The summed E-state index contributed by atoms with van der Waals surface area (Å²) in [6, 6.07) is 2.86. The van der Waals surface area contributed by atoms with Crippen molar-refractivity contribution in [1.29, 1.82) is 0 Å². The summed E-state index contributed by atoms with van der Waals surface area (Å²) in [7, 11) is 1.52. The second kappa shape index (κ2) is 7.14. The number of carbonyl (C=O) groups excluding carboxylic acids is 2. The number of hydrogen-bond donors (Lipinski definition) is 1. The minimum absolute atomic E-state index is 0.0511. The lowest BCUT2D eigenvalue weighted by Gasteiger charge is -2.07. The van der Waals surface area contributed by atoms with E-state index in [0.717, 1.165) is 0 Å². The first-order chi connectivity index (χ1) is 10.1. The van der Waals surface area contributed by atoms with Crippen molar-refractivity contribution in [2.75, 3.05) is 33.7 Å². The van der Waals surface area contributed by atoms with Gasteiger partial charge in [-0.15, -0.1) is 0 Å². The van der Waals surface area contributed by atoms with Crippen LogP contribution in [-0.2, 0) is 14.3 Å². The standard InChI is InChI=1S/C13H14ClNO6/c1-18-3-2-15-11(16)6-19-13(17)8-4-9(14)12-10(5-8)20-7-21-12/h4-5H,2-3,6-7H2,1H3,(H,15,16). The number of ether oxygens (including phenoxy) is 4. The van der Waals surface area contributed by atoms with E-state index in [2.05, 4.69) is 5.32 Å². The Hall–Kier alpha value is -1.99. The van der Waals surface area contributed by atoms with Crippen LogP contribution in [0.1, 0.15) is 10.4 Å². The molecule has 1 amide bonds. The first-order valence-electron chi connectivity index (χ1n) is 6.13. The van der Waals surface area contributed by atoms with E-state index in [1.807, 2.05) is 0 Å². The lowest BCUT2D eigenvalue weighted by Crippen LogP contribution is -2.31. The average Bonchev–Trinajstić information content (AvgIpc) is 2.94. The predicted octanol–water partition coefficient (Wildman–Crippen LogP) is 0.988. The first kappa shape index (κ1) is 15.4. The monoisotopic (exact) mass is 315 g/mol. The molecule has 21 heavy (non-hydrogen) atoms. The zero-order valence-corrected chi connectivity index (χ0v) is 12.1.